The van der Waals surface area contributed by atoms with Gasteiger partial charge < -0.3 is 0 Å². The molecule has 0 spiro atoms. The maximum absolute atomic E-state index is 13.6. The molecule has 0 aliphatic heterocycles. The number of rotatable bonds is 4. The van der Waals surface area contributed by atoms with Gasteiger partial charge in [0.1, 0.15) is 17.4 Å². The van der Waals surface area contributed by atoms with Crippen molar-refractivity contribution in [3.05, 3.63) is 68.7 Å². The third kappa shape index (κ3) is 3.64. The molecule has 1 nitrogen and oxygen atoms in total. The van der Waals surface area contributed by atoms with Crippen molar-refractivity contribution in [2.45, 2.75) is 12.8 Å². The minimum Gasteiger partial charge on any atom is -0.299 e. The fraction of sp³-hybridized carbons (Fsp3) is 0.133. The molecule has 0 saturated carbocycles. The van der Waals surface area contributed by atoms with Crippen molar-refractivity contribution >= 4 is 33.3 Å². The maximum Gasteiger partial charge on any atom is 0.141 e. The Morgan fingerprint density at radius 2 is 1.85 bits per heavy atom. The van der Waals surface area contributed by atoms with Crippen molar-refractivity contribution < 1.29 is 13.6 Å². The summed E-state index contributed by atoms with van der Waals surface area (Å²) in [7, 11) is 0. The van der Waals surface area contributed by atoms with Gasteiger partial charge in [-0.15, -0.1) is 0 Å². The van der Waals surface area contributed by atoms with Crippen molar-refractivity contribution in [3.63, 3.8) is 0 Å². The first-order valence-corrected chi connectivity index (χ1v) is 7.03. The van der Waals surface area contributed by atoms with Gasteiger partial charge in [0.25, 0.3) is 0 Å². The predicted octanol–water partition coefficient (Wildman–Crippen LogP) is 4.74. The second-order valence-corrected chi connectivity index (χ2v) is 5.60. The summed E-state index contributed by atoms with van der Waals surface area (Å²) in [6.07, 6.45) is 0.0179. The second-order valence-electron chi connectivity index (χ2n) is 4.34. The van der Waals surface area contributed by atoms with Gasteiger partial charge in [0.05, 0.1) is 4.47 Å². The van der Waals surface area contributed by atoms with Crippen molar-refractivity contribution in [3.8, 4) is 0 Å². The zero-order chi connectivity index (χ0) is 14.7. The molecule has 0 N–H and O–H groups in total. The van der Waals surface area contributed by atoms with E-state index in [1.807, 2.05) is 0 Å². The zero-order valence-electron chi connectivity index (χ0n) is 10.3. The molecule has 2 rings (SSSR count). The van der Waals surface area contributed by atoms with Gasteiger partial charge in [0.15, 0.2) is 0 Å². The van der Waals surface area contributed by atoms with Crippen molar-refractivity contribution in [1.82, 2.24) is 0 Å². The third-order valence-electron chi connectivity index (χ3n) is 2.82. The minimum atomic E-state index is -0.494. The van der Waals surface area contributed by atoms with Gasteiger partial charge in [-0.1, -0.05) is 23.7 Å². The number of ketones is 1. The molecule has 0 atom stereocenters. The highest BCUT2D eigenvalue weighted by Crippen LogP contribution is 2.21. The average Bonchev–Trinajstić information content (AvgIpc) is 2.38. The smallest absolute Gasteiger partial charge is 0.141 e. The maximum atomic E-state index is 13.6. The monoisotopic (exact) mass is 358 g/mol. The molecule has 0 aliphatic rings. The van der Waals surface area contributed by atoms with Gasteiger partial charge in [-0.25, -0.2) is 8.78 Å². The quantitative estimate of drug-likeness (QED) is 0.771. The van der Waals surface area contributed by atoms with Crippen LogP contribution in [0, 0.1) is 11.6 Å². The molecule has 0 saturated heterocycles. The van der Waals surface area contributed by atoms with Crippen molar-refractivity contribution in [1.29, 1.82) is 0 Å². The predicted molar refractivity (Wildman–Crippen MR) is 77.9 cm³/mol. The van der Waals surface area contributed by atoms with E-state index in [-0.39, 0.29) is 29.2 Å². The first-order chi connectivity index (χ1) is 9.47. The Morgan fingerprint density at radius 3 is 2.50 bits per heavy atom. The molecule has 5 heteroatoms. The number of carbonyl (C=O) groups is 1. The Hall–Kier alpha value is -1.26. The second kappa shape index (κ2) is 6.46. The highest BCUT2D eigenvalue weighted by Gasteiger charge is 2.13. The summed E-state index contributed by atoms with van der Waals surface area (Å²) in [4.78, 5) is 11.9. The normalized spacial score (nSPS) is 10.6. The fourth-order valence-corrected chi connectivity index (χ4v) is 2.49. The molecule has 0 aliphatic carbocycles. The lowest BCUT2D eigenvalue weighted by atomic mass is 10.0. The van der Waals surface area contributed by atoms with E-state index in [0.29, 0.717) is 10.0 Å². The van der Waals surface area contributed by atoms with E-state index in [1.165, 1.54) is 30.3 Å². The summed E-state index contributed by atoms with van der Waals surface area (Å²) in [5.41, 5.74) is 0.857. The Kier molecular flexibility index (Phi) is 4.89. The van der Waals surface area contributed by atoms with E-state index in [2.05, 4.69) is 15.9 Å². The van der Waals surface area contributed by atoms with Crippen LogP contribution in [0.4, 0.5) is 8.78 Å². The van der Waals surface area contributed by atoms with Crippen LogP contribution >= 0.6 is 27.5 Å². The number of hydrogen-bond donors (Lipinski definition) is 0. The van der Waals surface area contributed by atoms with E-state index in [9.17, 15) is 13.6 Å². The van der Waals surface area contributed by atoms with Gasteiger partial charge >= 0.3 is 0 Å². The number of halogens is 4. The van der Waals surface area contributed by atoms with Crippen LogP contribution in [-0.2, 0) is 17.6 Å². The van der Waals surface area contributed by atoms with Crippen LogP contribution in [0.15, 0.2) is 40.9 Å². The van der Waals surface area contributed by atoms with Crippen molar-refractivity contribution in [2.24, 2.45) is 0 Å². The molecule has 0 heterocycles. The number of Topliss-reactive ketones (excluding diaryl/α,β-unsaturated/α-hetero) is 1. The van der Waals surface area contributed by atoms with E-state index in [0.717, 1.165) is 0 Å². The first kappa shape index (κ1) is 15.1. The summed E-state index contributed by atoms with van der Waals surface area (Å²) in [5.74, 6) is -1.07. The molecule has 0 fully saturated rings. The van der Waals surface area contributed by atoms with Gasteiger partial charge in [-0.05, 0) is 45.8 Å². The number of hydrogen-bond acceptors (Lipinski definition) is 1. The van der Waals surface area contributed by atoms with E-state index in [1.54, 1.807) is 6.07 Å². The molecule has 20 heavy (non-hydrogen) atoms. The SMILES string of the molecule is O=C(Cc1ccc(F)c(Br)c1)Cc1c(F)cccc1Cl. The van der Waals surface area contributed by atoms with Crippen LogP contribution in [0.1, 0.15) is 11.1 Å². The highest BCUT2D eigenvalue weighted by molar-refractivity contribution is 9.10. The number of benzene rings is 2. The summed E-state index contributed by atoms with van der Waals surface area (Å²) < 4.78 is 27.0. The largest absolute Gasteiger partial charge is 0.299 e. The molecular weight excluding hydrogens is 350 g/mol. The Bertz CT molecular complexity index is 638. The van der Waals surface area contributed by atoms with Crippen LogP contribution in [-0.4, -0.2) is 5.78 Å². The summed E-state index contributed by atoms with van der Waals surface area (Å²) in [6, 6.07) is 8.65. The summed E-state index contributed by atoms with van der Waals surface area (Å²) in [6.45, 7) is 0. The zero-order valence-corrected chi connectivity index (χ0v) is 12.6. The Morgan fingerprint density at radius 1 is 1.10 bits per heavy atom. The topological polar surface area (TPSA) is 17.1 Å². The van der Waals surface area contributed by atoms with Crippen LogP contribution in [0.2, 0.25) is 5.02 Å². The van der Waals surface area contributed by atoms with Crippen LogP contribution < -0.4 is 0 Å². The molecule has 0 aromatic heterocycles. The fourth-order valence-electron chi connectivity index (χ4n) is 1.84. The highest BCUT2D eigenvalue weighted by atomic mass is 79.9. The van der Waals surface area contributed by atoms with Gasteiger partial charge in [0, 0.05) is 23.4 Å². The molecule has 2 aromatic carbocycles. The lowest BCUT2D eigenvalue weighted by Crippen LogP contribution is -2.08. The lowest BCUT2D eigenvalue weighted by molar-refractivity contribution is -0.117. The van der Waals surface area contributed by atoms with E-state index >= 15 is 0 Å². The Balaban J connectivity index is 2.11. The Labute approximate surface area is 128 Å². The van der Waals surface area contributed by atoms with Crippen molar-refractivity contribution in [2.75, 3.05) is 0 Å². The van der Waals surface area contributed by atoms with Crippen LogP contribution in [0.3, 0.4) is 0 Å². The standard InChI is InChI=1S/C15H10BrClF2O/c16-12-7-9(4-5-15(12)19)6-10(20)8-11-13(17)2-1-3-14(11)18/h1-5,7H,6,8H2. The first-order valence-electron chi connectivity index (χ1n) is 5.86. The van der Waals surface area contributed by atoms with Crippen LogP contribution in [0.5, 0.6) is 0 Å². The molecule has 2 aromatic rings. The number of carbonyl (C=O) groups excluding carboxylic acids is 1. The van der Waals surface area contributed by atoms with E-state index in [4.69, 9.17) is 11.6 Å². The average molecular weight is 360 g/mol. The summed E-state index contributed by atoms with van der Waals surface area (Å²) in [5, 5.41) is 0.235. The molecule has 0 unspecified atom stereocenters. The third-order valence-corrected chi connectivity index (χ3v) is 3.78. The molecule has 0 radical (unpaired) electrons. The minimum absolute atomic E-state index is 0.0828. The van der Waals surface area contributed by atoms with Crippen LogP contribution in [0.25, 0.3) is 0 Å². The van der Waals surface area contributed by atoms with E-state index < -0.39 is 11.6 Å². The molecule has 0 bridgehead atoms. The van der Waals surface area contributed by atoms with Gasteiger partial charge in [-0.3, -0.25) is 4.79 Å². The molecular formula is C15H10BrClF2O. The molecule has 0 amide bonds. The van der Waals surface area contributed by atoms with Gasteiger partial charge in [0.2, 0.25) is 0 Å². The van der Waals surface area contributed by atoms with Gasteiger partial charge in [-0.2, -0.15) is 0 Å². The molecule has 104 valence electrons. The summed E-state index contributed by atoms with van der Waals surface area (Å²) >= 11 is 8.93. The lowest BCUT2D eigenvalue weighted by Gasteiger charge is -2.06.